The van der Waals surface area contributed by atoms with Gasteiger partial charge < -0.3 is 4.57 Å². The van der Waals surface area contributed by atoms with Crippen LogP contribution in [0.5, 0.6) is 0 Å². The number of aromatic nitrogens is 1. The van der Waals surface area contributed by atoms with E-state index in [9.17, 15) is 0 Å². The molecule has 1 aromatic heterocycles. The summed E-state index contributed by atoms with van der Waals surface area (Å²) in [6, 6.07) is 37.1. The average molecular weight is 542 g/mol. The number of hydrogen-bond donors (Lipinski definition) is 0. The predicted octanol–water partition coefficient (Wildman–Crippen LogP) is 7.90. The van der Waals surface area contributed by atoms with Gasteiger partial charge >= 0.3 is 0 Å². The van der Waals surface area contributed by atoms with E-state index in [0.29, 0.717) is 6.54 Å². The van der Waals surface area contributed by atoms with Gasteiger partial charge in [-0.15, -0.1) is 28.3 Å². The standard InChI is InChI=1S/C31H28N2S.BrH/c1-3-10-24(11-4-1)21-32-30-33(22-25-12-5-2-6-13-25)29(23-34-30)31(18-9-19-31)28-17-16-26-14-7-8-15-27(26)20-28;/h1-8,10-17,20,23H,9,18-19,21-22H2;1H. The monoisotopic (exact) mass is 540 g/mol. The molecule has 176 valence electrons. The molecule has 0 amide bonds. The summed E-state index contributed by atoms with van der Waals surface area (Å²) in [7, 11) is 0. The van der Waals surface area contributed by atoms with Gasteiger partial charge in [0.05, 0.1) is 13.1 Å². The molecule has 0 saturated heterocycles. The first-order valence-corrected chi connectivity index (χ1v) is 13.0. The van der Waals surface area contributed by atoms with Crippen molar-refractivity contribution >= 4 is 39.1 Å². The highest BCUT2D eigenvalue weighted by atomic mass is 79.9. The van der Waals surface area contributed by atoms with Crippen molar-refractivity contribution in [2.45, 2.75) is 37.8 Å². The second-order valence-corrected chi connectivity index (χ2v) is 10.1. The summed E-state index contributed by atoms with van der Waals surface area (Å²) in [5.74, 6) is 0. The molecule has 4 aromatic carbocycles. The Balaban J connectivity index is 0.00000253. The summed E-state index contributed by atoms with van der Waals surface area (Å²) in [6.45, 7) is 1.56. The van der Waals surface area contributed by atoms with Crippen molar-refractivity contribution in [1.29, 1.82) is 0 Å². The maximum Gasteiger partial charge on any atom is 0.185 e. The maximum absolute atomic E-state index is 5.09. The summed E-state index contributed by atoms with van der Waals surface area (Å²) in [6.07, 6.45) is 3.65. The fourth-order valence-corrected chi connectivity index (χ4v) is 6.20. The first-order chi connectivity index (χ1) is 16.8. The summed E-state index contributed by atoms with van der Waals surface area (Å²) >= 11 is 1.79. The lowest BCUT2D eigenvalue weighted by Crippen LogP contribution is -2.39. The van der Waals surface area contributed by atoms with Crippen LogP contribution < -0.4 is 4.80 Å². The van der Waals surface area contributed by atoms with Crippen LogP contribution >= 0.6 is 28.3 Å². The van der Waals surface area contributed by atoms with Crippen LogP contribution in [0.15, 0.2) is 114 Å². The van der Waals surface area contributed by atoms with Crippen molar-refractivity contribution in [3.63, 3.8) is 0 Å². The van der Waals surface area contributed by atoms with E-state index in [1.807, 2.05) is 0 Å². The zero-order valence-corrected chi connectivity index (χ0v) is 22.2. The first-order valence-electron chi connectivity index (χ1n) is 12.1. The van der Waals surface area contributed by atoms with Crippen molar-refractivity contribution in [3.8, 4) is 0 Å². The van der Waals surface area contributed by atoms with Gasteiger partial charge in [0.25, 0.3) is 0 Å². The summed E-state index contributed by atoms with van der Waals surface area (Å²) in [5, 5.41) is 5.01. The molecular weight excluding hydrogens is 512 g/mol. The molecule has 0 radical (unpaired) electrons. The van der Waals surface area contributed by atoms with Gasteiger partial charge in [0.2, 0.25) is 0 Å². The van der Waals surface area contributed by atoms with Crippen LogP contribution in [-0.2, 0) is 18.5 Å². The number of halogens is 1. The summed E-state index contributed by atoms with van der Waals surface area (Å²) < 4.78 is 2.48. The van der Waals surface area contributed by atoms with E-state index < -0.39 is 0 Å². The quantitative estimate of drug-likeness (QED) is 0.208. The van der Waals surface area contributed by atoms with Gasteiger partial charge in [-0.3, -0.25) is 4.99 Å². The third-order valence-corrected chi connectivity index (χ3v) is 8.12. The third kappa shape index (κ3) is 4.65. The van der Waals surface area contributed by atoms with Gasteiger partial charge in [0.15, 0.2) is 4.80 Å². The van der Waals surface area contributed by atoms with Crippen molar-refractivity contribution in [2.24, 2.45) is 4.99 Å². The van der Waals surface area contributed by atoms with Gasteiger partial charge in [-0.2, -0.15) is 0 Å². The van der Waals surface area contributed by atoms with Crippen LogP contribution in [0.3, 0.4) is 0 Å². The van der Waals surface area contributed by atoms with Gasteiger partial charge in [-0.1, -0.05) is 110 Å². The fraction of sp³-hybridized carbons (Fsp3) is 0.194. The predicted molar refractivity (Wildman–Crippen MR) is 152 cm³/mol. The molecule has 0 unspecified atom stereocenters. The Morgan fingerprint density at radius 2 is 1.40 bits per heavy atom. The van der Waals surface area contributed by atoms with Gasteiger partial charge in [0, 0.05) is 16.5 Å². The number of rotatable bonds is 6. The average Bonchev–Trinajstić information content (AvgIpc) is 3.25. The summed E-state index contributed by atoms with van der Waals surface area (Å²) in [5.41, 5.74) is 5.48. The van der Waals surface area contributed by atoms with Crippen LogP contribution in [-0.4, -0.2) is 4.57 Å². The number of benzene rings is 4. The van der Waals surface area contributed by atoms with E-state index in [-0.39, 0.29) is 22.4 Å². The lowest BCUT2D eigenvalue weighted by Gasteiger charge is -2.43. The minimum absolute atomic E-state index is 0. The van der Waals surface area contributed by atoms with E-state index in [2.05, 4.69) is 113 Å². The molecule has 1 aliphatic carbocycles. The second kappa shape index (κ2) is 10.3. The SMILES string of the molecule is Br.c1ccc(CN=c2scc(C3(c4ccc5ccccc5c4)CCC3)n2Cc2ccccc2)cc1. The molecule has 0 bridgehead atoms. The number of nitrogens with zero attached hydrogens (tertiary/aromatic N) is 2. The van der Waals surface area contributed by atoms with Crippen molar-refractivity contribution in [1.82, 2.24) is 4.57 Å². The van der Waals surface area contributed by atoms with E-state index in [0.717, 1.165) is 11.3 Å². The van der Waals surface area contributed by atoms with Crippen LogP contribution in [0.25, 0.3) is 10.8 Å². The highest BCUT2D eigenvalue weighted by Crippen LogP contribution is 2.49. The van der Waals surface area contributed by atoms with Crippen LogP contribution in [0.1, 0.15) is 41.6 Å². The zero-order chi connectivity index (χ0) is 22.8. The smallest absolute Gasteiger partial charge is 0.185 e. The molecule has 0 N–H and O–H groups in total. The Morgan fingerprint density at radius 1 is 0.743 bits per heavy atom. The molecule has 1 heterocycles. The molecule has 0 aliphatic heterocycles. The Hall–Kier alpha value is -2.95. The van der Waals surface area contributed by atoms with Crippen molar-refractivity contribution in [2.75, 3.05) is 0 Å². The summed E-state index contributed by atoms with van der Waals surface area (Å²) in [4.78, 5) is 6.20. The molecule has 6 rings (SSSR count). The van der Waals surface area contributed by atoms with Crippen LogP contribution in [0.4, 0.5) is 0 Å². The topological polar surface area (TPSA) is 17.3 Å². The Morgan fingerprint density at radius 3 is 2.09 bits per heavy atom. The fourth-order valence-electron chi connectivity index (χ4n) is 5.20. The minimum atomic E-state index is 0. The van der Waals surface area contributed by atoms with E-state index in [4.69, 9.17) is 4.99 Å². The molecule has 0 spiro atoms. The number of hydrogen-bond acceptors (Lipinski definition) is 2. The van der Waals surface area contributed by atoms with E-state index in [1.54, 1.807) is 11.3 Å². The van der Waals surface area contributed by atoms with Gasteiger partial charge in [-0.25, -0.2) is 0 Å². The molecular formula is C31H29BrN2S. The Bertz CT molecular complexity index is 1480. The second-order valence-electron chi connectivity index (χ2n) is 9.27. The molecule has 1 fully saturated rings. The zero-order valence-electron chi connectivity index (χ0n) is 19.6. The highest BCUT2D eigenvalue weighted by molar-refractivity contribution is 8.93. The molecule has 0 atom stereocenters. The normalized spacial score (nSPS) is 14.9. The lowest BCUT2D eigenvalue weighted by atomic mass is 9.62. The molecule has 5 aromatic rings. The number of fused-ring (bicyclic) bond motifs is 1. The highest BCUT2D eigenvalue weighted by Gasteiger charge is 2.43. The third-order valence-electron chi connectivity index (χ3n) is 7.22. The van der Waals surface area contributed by atoms with Crippen LogP contribution in [0, 0.1) is 0 Å². The van der Waals surface area contributed by atoms with E-state index in [1.165, 1.54) is 52.4 Å². The molecule has 4 heteroatoms. The van der Waals surface area contributed by atoms with Crippen molar-refractivity contribution in [3.05, 3.63) is 136 Å². The molecule has 35 heavy (non-hydrogen) atoms. The first kappa shape index (κ1) is 23.8. The van der Waals surface area contributed by atoms with Crippen molar-refractivity contribution < 1.29 is 0 Å². The Labute approximate surface area is 221 Å². The van der Waals surface area contributed by atoms with Crippen LogP contribution in [0.2, 0.25) is 0 Å². The number of thiazole rings is 1. The lowest BCUT2D eigenvalue weighted by molar-refractivity contribution is 0.284. The van der Waals surface area contributed by atoms with Gasteiger partial charge in [-0.05, 0) is 40.3 Å². The van der Waals surface area contributed by atoms with E-state index >= 15 is 0 Å². The molecule has 1 saturated carbocycles. The molecule has 1 aliphatic rings. The maximum atomic E-state index is 5.09. The largest absolute Gasteiger partial charge is 0.316 e. The van der Waals surface area contributed by atoms with Gasteiger partial charge in [0.1, 0.15) is 0 Å². The molecule has 2 nitrogen and oxygen atoms in total. The minimum Gasteiger partial charge on any atom is -0.316 e. The Kier molecular flexibility index (Phi) is 7.03.